The van der Waals surface area contributed by atoms with Gasteiger partial charge in [-0.3, -0.25) is 14.3 Å². The van der Waals surface area contributed by atoms with Gasteiger partial charge in [0, 0.05) is 29.8 Å². The van der Waals surface area contributed by atoms with Crippen molar-refractivity contribution in [1.82, 2.24) is 9.78 Å². The van der Waals surface area contributed by atoms with Crippen LogP contribution in [0.5, 0.6) is 5.75 Å². The fourth-order valence-corrected chi connectivity index (χ4v) is 4.26. The number of fused-ring (bicyclic) bond motifs is 1. The van der Waals surface area contributed by atoms with Crippen molar-refractivity contribution < 1.29 is 14.3 Å². The summed E-state index contributed by atoms with van der Waals surface area (Å²) in [5.74, 6) is 1.08. The molecular formula is C20H20N4O3S. The number of anilines is 2. The lowest BCUT2D eigenvalue weighted by Gasteiger charge is -2.23. The zero-order valence-corrected chi connectivity index (χ0v) is 16.4. The van der Waals surface area contributed by atoms with E-state index in [9.17, 15) is 9.59 Å². The number of rotatable bonds is 5. The Morgan fingerprint density at radius 2 is 2.18 bits per heavy atom. The topological polar surface area (TPSA) is 85.2 Å². The van der Waals surface area contributed by atoms with Gasteiger partial charge in [-0.15, -0.1) is 11.3 Å². The van der Waals surface area contributed by atoms with E-state index in [-0.39, 0.29) is 17.7 Å². The maximum absolute atomic E-state index is 12.9. The number of carbonyl (C=O) groups excluding carboxylic acids is 2. The Bertz CT molecular complexity index is 1030. The molecule has 1 atom stereocenters. The van der Waals surface area contributed by atoms with E-state index in [1.165, 1.54) is 0 Å². The second-order valence-electron chi connectivity index (χ2n) is 6.44. The summed E-state index contributed by atoms with van der Waals surface area (Å²) in [6.45, 7) is 2.34. The van der Waals surface area contributed by atoms with Gasteiger partial charge in [0.1, 0.15) is 11.6 Å². The summed E-state index contributed by atoms with van der Waals surface area (Å²) in [6.07, 6.45) is 0.317. The van der Waals surface area contributed by atoms with Crippen molar-refractivity contribution in [1.29, 1.82) is 0 Å². The second kappa shape index (κ2) is 7.47. The zero-order valence-electron chi connectivity index (χ0n) is 15.6. The number of aromatic nitrogens is 2. The Morgan fingerprint density at radius 1 is 1.36 bits per heavy atom. The van der Waals surface area contributed by atoms with Crippen LogP contribution in [0.15, 0.2) is 41.8 Å². The van der Waals surface area contributed by atoms with Crippen LogP contribution in [0.1, 0.15) is 40.1 Å². The Morgan fingerprint density at radius 3 is 2.93 bits per heavy atom. The molecule has 0 radical (unpaired) electrons. The van der Waals surface area contributed by atoms with Crippen molar-refractivity contribution in [3.63, 3.8) is 0 Å². The predicted molar refractivity (Wildman–Crippen MR) is 108 cm³/mol. The van der Waals surface area contributed by atoms with Crippen molar-refractivity contribution in [3.05, 3.63) is 57.8 Å². The van der Waals surface area contributed by atoms with E-state index >= 15 is 0 Å². The van der Waals surface area contributed by atoms with Crippen molar-refractivity contribution >= 4 is 34.8 Å². The molecular weight excluding hydrogens is 376 g/mol. The third kappa shape index (κ3) is 3.27. The zero-order chi connectivity index (χ0) is 19.7. The van der Waals surface area contributed by atoms with E-state index in [1.54, 1.807) is 41.3 Å². The predicted octanol–water partition coefficient (Wildman–Crippen LogP) is 3.61. The quantitative estimate of drug-likeness (QED) is 0.690. The van der Waals surface area contributed by atoms with E-state index in [2.05, 4.69) is 15.7 Å². The average molecular weight is 396 g/mol. The van der Waals surface area contributed by atoms with Crippen LogP contribution in [-0.4, -0.2) is 28.2 Å². The van der Waals surface area contributed by atoms with Crippen LogP contribution in [0.4, 0.5) is 11.6 Å². The summed E-state index contributed by atoms with van der Waals surface area (Å²) in [4.78, 5) is 26.2. The van der Waals surface area contributed by atoms with Gasteiger partial charge in [0.25, 0.3) is 5.91 Å². The van der Waals surface area contributed by atoms with Gasteiger partial charge in [0.2, 0.25) is 5.91 Å². The average Bonchev–Trinajstić information content (AvgIpc) is 3.31. The van der Waals surface area contributed by atoms with Crippen LogP contribution >= 0.6 is 11.3 Å². The van der Waals surface area contributed by atoms with Crippen molar-refractivity contribution in [2.45, 2.75) is 19.3 Å². The second-order valence-corrected chi connectivity index (χ2v) is 7.42. The van der Waals surface area contributed by atoms with Crippen LogP contribution < -0.4 is 15.4 Å². The van der Waals surface area contributed by atoms with Crippen LogP contribution in [0, 0.1) is 0 Å². The largest absolute Gasteiger partial charge is 0.493 e. The highest BCUT2D eigenvalue weighted by Crippen LogP contribution is 2.42. The lowest BCUT2D eigenvalue weighted by molar-refractivity contribution is -0.116. The molecule has 7 nitrogen and oxygen atoms in total. The van der Waals surface area contributed by atoms with Crippen LogP contribution in [0.25, 0.3) is 0 Å². The molecule has 4 rings (SSSR count). The number of para-hydroxylation sites is 1. The van der Waals surface area contributed by atoms with E-state index < -0.39 is 0 Å². The first-order chi connectivity index (χ1) is 13.6. The highest BCUT2D eigenvalue weighted by Gasteiger charge is 2.34. The number of ether oxygens (including phenoxy) is 1. The highest BCUT2D eigenvalue weighted by atomic mass is 32.1. The molecule has 2 amide bonds. The number of benzene rings is 1. The molecule has 1 aliphatic rings. The molecule has 3 aromatic rings. The molecule has 144 valence electrons. The monoisotopic (exact) mass is 396 g/mol. The normalized spacial score (nSPS) is 15.6. The number of hydrogen-bond acceptors (Lipinski definition) is 5. The van der Waals surface area contributed by atoms with Crippen molar-refractivity contribution in [2.24, 2.45) is 7.05 Å². The molecule has 0 saturated heterocycles. The molecule has 1 aliphatic heterocycles. The molecule has 1 aromatic carbocycles. The Labute approximate surface area is 166 Å². The molecule has 3 heterocycles. The highest BCUT2D eigenvalue weighted by molar-refractivity contribution is 7.10. The molecule has 28 heavy (non-hydrogen) atoms. The number of thiophene rings is 1. The van der Waals surface area contributed by atoms with Gasteiger partial charge >= 0.3 is 0 Å². The van der Waals surface area contributed by atoms with Gasteiger partial charge in [-0.05, 0) is 30.5 Å². The third-order valence-electron chi connectivity index (χ3n) is 4.63. The number of hydrogen-bond donors (Lipinski definition) is 2. The Hall–Kier alpha value is -3.13. The molecule has 2 aromatic heterocycles. The minimum absolute atomic E-state index is 0.0616. The van der Waals surface area contributed by atoms with Gasteiger partial charge in [-0.1, -0.05) is 18.2 Å². The number of aryl methyl sites for hydroxylation is 1. The molecule has 8 heteroatoms. The summed E-state index contributed by atoms with van der Waals surface area (Å²) < 4.78 is 7.16. The standard InChI is InChI=1S/C20H20N4O3S/c1-3-27-14-8-5-4-7-12(14)20(26)22-18-17-13(15-9-6-10-28-15)11-16(25)21-19(17)24(2)23-18/h4-10,13H,3,11H2,1-2H3,(H,21,25)(H,22,23,26)/t13-/m1/s1. The fraction of sp³-hybridized carbons (Fsp3) is 0.250. The molecule has 0 spiro atoms. The number of amides is 2. The SMILES string of the molecule is CCOc1ccccc1C(=O)Nc1nn(C)c2c1[C@@H](c1cccs1)CC(=O)N2. The number of carbonyl (C=O) groups is 2. The molecule has 0 bridgehead atoms. The molecule has 0 fully saturated rings. The summed E-state index contributed by atoms with van der Waals surface area (Å²) in [7, 11) is 1.75. The first kappa shape index (κ1) is 18.2. The minimum Gasteiger partial charge on any atom is -0.493 e. The first-order valence-electron chi connectivity index (χ1n) is 9.01. The van der Waals surface area contributed by atoms with Gasteiger partial charge in [-0.25, -0.2) is 0 Å². The van der Waals surface area contributed by atoms with E-state index in [0.29, 0.717) is 36.0 Å². The van der Waals surface area contributed by atoms with E-state index in [4.69, 9.17) is 4.74 Å². The van der Waals surface area contributed by atoms with Gasteiger partial charge in [-0.2, -0.15) is 5.10 Å². The lowest BCUT2D eigenvalue weighted by Crippen LogP contribution is -2.24. The van der Waals surface area contributed by atoms with Gasteiger partial charge in [0.15, 0.2) is 5.82 Å². The first-order valence-corrected chi connectivity index (χ1v) is 9.89. The van der Waals surface area contributed by atoms with Gasteiger partial charge < -0.3 is 15.4 Å². The summed E-state index contributed by atoms with van der Waals surface area (Å²) in [6, 6.07) is 11.1. The van der Waals surface area contributed by atoms with Gasteiger partial charge in [0.05, 0.1) is 12.2 Å². The van der Waals surface area contributed by atoms with Crippen molar-refractivity contribution in [2.75, 3.05) is 17.2 Å². The number of nitrogens with one attached hydrogen (secondary N) is 2. The van der Waals surface area contributed by atoms with E-state index in [1.807, 2.05) is 30.5 Å². The van der Waals surface area contributed by atoms with E-state index in [0.717, 1.165) is 10.4 Å². The Balaban J connectivity index is 1.72. The molecule has 0 unspecified atom stereocenters. The van der Waals surface area contributed by atoms with Crippen LogP contribution in [-0.2, 0) is 11.8 Å². The summed E-state index contributed by atoms with van der Waals surface area (Å²) >= 11 is 1.59. The molecule has 0 aliphatic carbocycles. The third-order valence-corrected chi connectivity index (χ3v) is 5.62. The summed E-state index contributed by atoms with van der Waals surface area (Å²) in [5.41, 5.74) is 1.27. The number of nitrogens with zero attached hydrogens (tertiary/aromatic N) is 2. The summed E-state index contributed by atoms with van der Waals surface area (Å²) in [5, 5.41) is 12.2. The molecule has 0 saturated carbocycles. The Kier molecular flexibility index (Phi) is 4.87. The van der Waals surface area contributed by atoms with Crippen LogP contribution in [0.3, 0.4) is 0 Å². The lowest BCUT2D eigenvalue weighted by atomic mass is 9.92. The van der Waals surface area contributed by atoms with Crippen LogP contribution in [0.2, 0.25) is 0 Å². The fourth-order valence-electron chi connectivity index (χ4n) is 3.42. The molecule has 2 N–H and O–H groups in total. The smallest absolute Gasteiger partial charge is 0.260 e. The maximum Gasteiger partial charge on any atom is 0.260 e. The maximum atomic E-state index is 12.9. The minimum atomic E-state index is -0.299. The van der Waals surface area contributed by atoms with Crippen molar-refractivity contribution in [3.8, 4) is 5.75 Å².